The maximum absolute atomic E-state index is 14.5. The number of allylic oxidation sites excluding steroid dienone is 1. The fourth-order valence-electron chi connectivity index (χ4n) is 4.62. The Balaban J connectivity index is 1.59. The van der Waals surface area contributed by atoms with Crippen molar-refractivity contribution in [2.45, 2.75) is 39.5 Å². The molecule has 40 heavy (non-hydrogen) atoms. The molecule has 7 nitrogen and oxygen atoms in total. The highest BCUT2D eigenvalue weighted by molar-refractivity contribution is 6.34. The molecule has 0 unspecified atom stereocenters. The number of benzene rings is 3. The van der Waals surface area contributed by atoms with Crippen LogP contribution in [0.1, 0.15) is 46.8 Å². The van der Waals surface area contributed by atoms with Crippen molar-refractivity contribution in [1.29, 1.82) is 0 Å². The SMILES string of the molecule is COc1cc(Cl)c(C(=O)N/C(C)=C(\NO)C(=O)Nc2cccc(C(F)(F)C3CC3)c2)cc1-c1c(C)cccc1C. The van der Waals surface area contributed by atoms with Crippen LogP contribution in [0.3, 0.4) is 0 Å². The fourth-order valence-corrected chi connectivity index (χ4v) is 4.86. The maximum atomic E-state index is 14.5. The average molecular weight is 570 g/mol. The Morgan fingerprint density at radius 3 is 2.30 bits per heavy atom. The molecule has 1 aliphatic carbocycles. The Labute approximate surface area is 236 Å². The molecule has 3 aromatic rings. The summed E-state index contributed by atoms with van der Waals surface area (Å²) < 4.78 is 34.6. The molecular formula is C30H30ClF2N3O4. The number of halogens is 3. The lowest BCUT2D eigenvalue weighted by Gasteiger charge is -2.18. The van der Waals surface area contributed by atoms with Gasteiger partial charge in [-0.25, -0.2) is 8.78 Å². The molecule has 0 aliphatic heterocycles. The summed E-state index contributed by atoms with van der Waals surface area (Å²) in [6.45, 7) is 5.30. The summed E-state index contributed by atoms with van der Waals surface area (Å²) >= 11 is 6.42. The first kappa shape index (κ1) is 29.0. The van der Waals surface area contributed by atoms with Crippen LogP contribution in [0, 0.1) is 19.8 Å². The Morgan fingerprint density at radius 2 is 1.70 bits per heavy atom. The molecule has 3 aromatic carbocycles. The number of nitrogens with one attached hydrogen (secondary N) is 3. The zero-order valence-electron chi connectivity index (χ0n) is 22.5. The molecule has 4 rings (SSSR count). The number of hydrogen-bond donors (Lipinski definition) is 4. The van der Waals surface area contributed by atoms with Gasteiger partial charge in [0.25, 0.3) is 17.7 Å². The van der Waals surface area contributed by atoms with Crippen molar-refractivity contribution in [3.63, 3.8) is 0 Å². The monoisotopic (exact) mass is 569 g/mol. The first-order valence-electron chi connectivity index (χ1n) is 12.6. The number of carbonyl (C=O) groups is 2. The normalized spacial score (nSPS) is 13.8. The summed E-state index contributed by atoms with van der Waals surface area (Å²) in [5.74, 6) is -4.69. The summed E-state index contributed by atoms with van der Waals surface area (Å²) in [6.07, 6.45) is 0.905. The van der Waals surface area contributed by atoms with Crippen LogP contribution in [0.15, 0.2) is 66.0 Å². The Kier molecular flexibility index (Phi) is 8.46. The smallest absolute Gasteiger partial charge is 0.276 e. The van der Waals surface area contributed by atoms with Crippen molar-refractivity contribution in [1.82, 2.24) is 10.8 Å². The van der Waals surface area contributed by atoms with Gasteiger partial charge in [0, 0.05) is 34.5 Å². The molecule has 0 saturated heterocycles. The Morgan fingerprint density at radius 1 is 1.05 bits per heavy atom. The van der Waals surface area contributed by atoms with Crippen LogP contribution < -0.4 is 20.9 Å². The van der Waals surface area contributed by atoms with Crippen LogP contribution in [0.2, 0.25) is 5.02 Å². The lowest BCUT2D eigenvalue weighted by atomic mass is 9.93. The lowest BCUT2D eigenvalue weighted by molar-refractivity contribution is -0.114. The second-order valence-electron chi connectivity index (χ2n) is 9.80. The van der Waals surface area contributed by atoms with Crippen molar-refractivity contribution >= 4 is 29.1 Å². The number of rotatable bonds is 9. The van der Waals surface area contributed by atoms with Crippen LogP contribution in [0.5, 0.6) is 5.75 Å². The van der Waals surface area contributed by atoms with Crippen LogP contribution in [-0.2, 0) is 10.7 Å². The van der Waals surface area contributed by atoms with E-state index in [-0.39, 0.29) is 33.2 Å². The minimum Gasteiger partial charge on any atom is -0.496 e. The highest BCUT2D eigenvalue weighted by atomic mass is 35.5. The number of amides is 2. The minimum atomic E-state index is -2.99. The summed E-state index contributed by atoms with van der Waals surface area (Å²) in [6, 6.07) is 14.4. The van der Waals surface area contributed by atoms with E-state index >= 15 is 0 Å². The molecule has 0 radical (unpaired) electrons. The number of carbonyl (C=O) groups excluding carboxylic acids is 2. The van der Waals surface area contributed by atoms with Crippen molar-refractivity contribution in [2.75, 3.05) is 12.4 Å². The summed E-state index contributed by atoms with van der Waals surface area (Å²) in [4.78, 5) is 26.2. The summed E-state index contributed by atoms with van der Waals surface area (Å²) in [5, 5.41) is 14.9. The van der Waals surface area contributed by atoms with E-state index in [1.807, 2.05) is 32.0 Å². The van der Waals surface area contributed by atoms with E-state index in [1.165, 1.54) is 38.3 Å². The van der Waals surface area contributed by atoms with Crippen LogP contribution in [0.25, 0.3) is 11.1 Å². The number of alkyl halides is 2. The Hall–Kier alpha value is -3.95. The first-order chi connectivity index (χ1) is 19.0. The van der Waals surface area contributed by atoms with Gasteiger partial charge in [-0.3, -0.25) is 20.3 Å². The van der Waals surface area contributed by atoms with Crippen molar-refractivity contribution < 1.29 is 28.3 Å². The van der Waals surface area contributed by atoms with Gasteiger partial charge in [-0.2, -0.15) is 0 Å². The van der Waals surface area contributed by atoms with E-state index < -0.39 is 23.7 Å². The van der Waals surface area contributed by atoms with Crippen molar-refractivity contribution in [3.8, 4) is 16.9 Å². The summed E-state index contributed by atoms with van der Waals surface area (Å²) in [7, 11) is 1.51. The van der Waals surface area contributed by atoms with Gasteiger partial charge in [0.1, 0.15) is 11.4 Å². The third-order valence-corrected chi connectivity index (χ3v) is 7.21. The van der Waals surface area contributed by atoms with Crippen LogP contribution >= 0.6 is 11.6 Å². The van der Waals surface area contributed by atoms with E-state index in [4.69, 9.17) is 16.3 Å². The number of anilines is 1. The topological polar surface area (TPSA) is 99.7 Å². The zero-order valence-corrected chi connectivity index (χ0v) is 23.2. The number of aryl methyl sites for hydroxylation is 2. The molecule has 0 spiro atoms. The molecule has 4 N–H and O–H groups in total. The third-order valence-electron chi connectivity index (χ3n) is 6.89. The highest BCUT2D eigenvalue weighted by Gasteiger charge is 2.48. The highest BCUT2D eigenvalue weighted by Crippen LogP contribution is 2.50. The third kappa shape index (κ3) is 5.95. The van der Waals surface area contributed by atoms with Gasteiger partial charge in [0.05, 0.1) is 17.7 Å². The van der Waals surface area contributed by atoms with Crippen LogP contribution in [0.4, 0.5) is 14.5 Å². The van der Waals surface area contributed by atoms with Gasteiger partial charge >= 0.3 is 0 Å². The van der Waals surface area contributed by atoms with E-state index in [2.05, 4.69) is 10.6 Å². The van der Waals surface area contributed by atoms with Crippen molar-refractivity contribution in [3.05, 3.63) is 93.3 Å². The predicted octanol–water partition coefficient (Wildman–Crippen LogP) is 6.71. The molecule has 0 aromatic heterocycles. The van der Waals surface area contributed by atoms with E-state index in [9.17, 15) is 23.6 Å². The van der Waals surface area contributed by atoms with Gasteiger partial charge in [-0.15, -0.1) is 0 Å². The van der Waals surface area contributed by atoms with E-state index in [0.29, 0.717) is 24.2 Å². The molecule has 0 heterocycles. The Bertz CT molecular complexity index is 1480. The maximum Gasteiger partial charge on any atom is 0.276 e. The van der Waals surface area contributed by atoms with Crippen molar-refractivity contribution in [2.24, 2.45) is 5.92 Å². The predicted molar refractivity (Wildman–Crippen MR) is 150 cm³/mol. The molecular weight excluding hydrogens is 540 g/mol. The zero-order chi connectivity index (χ0) is 29.2. The molecule has 10 heteroatoms. The van der Waals surface area contributed by atoms with Gasteiger partial charge in [0.15, 0.2) is 0 Å². The van der Waals surface area contributed by atoms with E-state index in [1.54, 1.807) is 17.6 Å². The van der Waals surface area contributed by atoms with Gasteiger partial charge in [0.2, 0.25) is 0 Å². The molecule has 1 fully saturated rings. The van der Waals surface area contributed by atoms with Gasteiger partial charge < -0.3 is 15.4 Å². The van der Waals surface area contributed by atoms with Gasteiger partial charge in [-0.1, -0.05) is 41.9 Å². The number of methoxy groups -OCH3 is 1. The quantitative estimate of drug-likeness (QED) is 0.169. The molecule has 210 valence electrons. The molecule has 0 atom stereocenters. The largest absolute Gasteiger partial charge is 0.496 e. The molecule has 1 aliphatic rings. The molecule has 1 saturated carbocycles. The second-order valence-corrected chi connectivity index (χ2v) is 10.2. The standard InChI is InChI=1S/C30H30ClF2N3O4/c1-16-7-5-8-17(2)26(16)23-14-22(24(31)15-25(23)40-4)28(37)34-18(3)27(36-39)29(38)35-21-10-6-9-20(13-21)30(32,33)19-11-12-19/h5-10,13-15,19,36,39H,11-12H2,1-4H3,(H,34,37)(H,35,38)/b27-18-. The number of hydroxylamine groups is 1. The number of ether oxygens (including phenoxy) is 1. The molecule has 0 bridgehead atoms. The lowest BCUT2D eigenvalue weighted by Crippen LogP contribution is -2.31. The average Bonchev–Trinajstić information content (AvgIpc) is 3.76. The van der Waals surface area contributed by atoms with Crippen LogP contribution in [-0.4, -0.2) is 24.1 Å². The fraction of sp³-hybridized carbons (Fsp3) is 0.267. The molecule has 2 amide bonds. The minimum absolute atomic E-state index is 0.0232. The van der Waals surface area contributed by atoms with E-state index in [0.717, 1.165) is 16.7 Å². The van der Waals surface area contributed by atoms with Gasteiger partial charge in [-0.05, 0) is 68.5 Å². The first-order valence-corrected chi connectivity index (χ1v) is 13.0. The number of hydrogen-bond acceptors (Lipinski definition) is 5. The summed E-state index contributed by atoms with van der Waals surface area (Å²) in [5.41, 5.74) is 4.93. The second kappa shape index (κ2) is 11.7.